The highest BCUT2D eigenvalue weighted by atomic mass is 79.9. The van der Waals surface area contributed by atoms with Crippen LogP contribution in [-0.2, 0) is 6.54 Å². The summed E-state index contributed by atoms with van der Waals surface area (Å²) < 4.78 is 2.15. The second-order valence-corrected chi connectivity index (χ2v) is 7.54. The Hall–Kier alpha value is -3.18. The Kier molecular flexibility index (Phi) is 5.31. The fourth-order valence-corrected chi connectivity index (χ4v) is 3.98. The maximum absolute atomic E-state index is 12.7. The first-order chi connectivity index (χ1) is 14.1. The van der Waals surface area contributed by atoms with Gasteiger partial charge in [0.15, 0.2) is 0 Å². The zero-order valence-electron chi connectivity index (χ0n) is 16.8. The van der Waals surface area contributed by atoms with Crippen molar-refractivity contribution in [3.05, 3.63) is 106 Å². The quantitative estimate of drug-likeness (QED) is 0.401. The zero-order valence-corrected chi connectivity index (χ0v) is 18.4. The summed E-state index contributed by atoms with van der Waals surface area (Å²) in [6.07, 6.45) is 2.13. The van der Waals surface area contributed by atoms with Crippen LogP contribution in [0.3, 0.4) is 0 Å². The minimum absolute atomic E-state index is 0. The number of hydrogen-bond acceptors (Lipinski definition) is 3. The van der Waals surface area contributed by atoms with Gasteiger partial charge in [0.25, 0.3) is 5.56 Å². The fraction of sp³-hybridized carbons (Fsp3) is 0.120. The number of nitrogens with zero attached hydrogens (tertiary/aromatic N) is 3. The lowest BCUT2D eigenvalue weighted by Gasteiger charge is -2.25. The van der Waals surface area contributed by atoms with E-state index in [1.165, 1.54) is 5.56 Å². The van der Waals surface area contributed by atoms with Crippen molar-refractivity contribution in [2.45, 2.75) is 6.54 Å². The van der Waals surface area contributed by atoms with Gasteiger partial charge in [-0.3, -0.25) is 4.79 Å². The van der Waals surface area contributed by atoms with Crippen LogP contribution in [0.5, 0.6) is 0 Å². The highest BCUT2D eigenvalue weighted by Crippen LogP contribution is 2.34. The Balaban J connectivity index is 0.00000218. The third-order valence-electron chi connectivity index (χ3n) is 5.49. The number of para-hydroxylation sites is 1. The Morgan fingerprint density at radius 2 is 1.63 bits per heavy atom. The Morgan fingerprint density at radius 3 is 2.40 bits per heavy atom. The highest BCUT2D eigenvalue weighted by molar-refractivity contribution is 5.93. The van der Waals surface area contributed by atoms with E-state index in [2.05, 4.69) is 63.0 Å². The van der Waals surface area contributed by atoms with Gasteiger partial charge in [-0.15, -0.1) is 0 Å². The van der Waals surface area contributed by atoms with Gasteiger partial charge in [0.05, 0.1) is 17.4 Å². The summed E-state index contributed by atoms with van der Waals surface area (Å²) in [4.78, 5) is 19.3. The van der Waals surface area contributed by atoms with Crippen molar-refractivity contribution in [3.63, 3.8) is 0 Å². The number of rotatable bonds is 2. The minimum atomic E-state index is -0.180. The molecule has 150 valence electrons. The number of benzene rings is 3. The summed E-state index contributed by atoms with van der Waals surface area (Å²) in [5.74, 6) is 0.726. The van der Waals surface area contributed by atoms with Crippen molar-refractivity contribution >= 4 is 28.2 Å². The molecule has 3 aromatic carbocycles. The summed E-state index contributed by atoms with van der Waals surface area (Å²) in [5, 5.41) is 0.658. The number of aromatic nitrogens is 2. The molecule has 2 heterocycles. The topological polar surface area (TPSA) is 38.1 Å². The molecule has 30 heavy (non-hydrogen) atoms. The summed E-state index contributed by atoms with van der Waals surface area (Å²) in [6, 6.07) is 24.5. The standard InChI is InChI=1S/C25H21N3O.BrH/c1-27(2)19-13-11-17(12-14-19)15-22-20-8-4-3-7-18(20)16-28-23-10-6-5-9-21(23)25(29)26-24(22)28;/h3-15H,16H2,1-2H3;1H/p-1/b22-15+;. The van der Waals surface area contributed by atoms with Gasteiger partial charge in [-0.25, -0.2) is 0 Å². The van der Waals surface area contributed by atoms with Gasteiger partial charge in [0.2, 0.25) is 0 Å². The molecule has 0 N–H and O–H groups in total. The summed E-state index contributed by atoms with van der Waals surface area (Å²) in [5.41, 5.74) is 6.31. The largest absolute Gasteiger partial charge is 1.00 e. The van der Waals surface area contributed by atoms with Gasteiger partial charge in [0, 0.05) is 25.4 Å². The lowest BCUT2D eigenvalue weighted by molar-refractivity contribution is -0.00000576. The first-order valence-corrected chi connectivity index (χ1v) is 9.69. The van der Waals surface area contributed by atoms with E-state index in [1.54, 1.807) is 0 Å². The average molecular weight is 459 g/mol. The van der Waals surface area contributed by atoms with Crippen molar-refractivity contribution in [3.8, 4) is 0 Å². The van der Waals surface area contributed by atoms with Crippen molar-refractivity contribution in [1.82, 2.24) is 9.55 Å². The summed E-state index contributed by atoms with van der Waals surface area (Å²) in [7, 11) is 4.06. The number of anilines is 1. The molecule has 0 fully saturated rings. The van der Waals surface area contributed by atoms with E-state index < -0.39 is 0 Å². The molecule has 0 unspecified atom stereocenters. The second kappa shape index (κ2) is 7.92. The normalized spacial score (nSPS) is 13.5. The molecular weight excluding hydrogens is 438 g/mol. The molecule has 0 amide bonds. The maximum Gasteiger partial charge on any atom is 0.281 e. The molecule has 0 bridgehead atoms. The van der Waals surface area contributed by atoms with E-state index in [0.717, 1.165) is 33.7 Å². The van der Waals surface area contributed by atoms with Crippen LogP contribution in [0.1, 0.15) is 22.5 Å². The highest BCUT2D eigenvalue weighted by Gasteiger charge is 2.23. The predicted molar refractivity (Wildman–Crippen MR) is 119 cm³/mol. The number of halogens is 1. The molecule has 0 aliphatic carbocycles. The smallest absolute Gasteiger partial charge is 0.281 e. The molecule has 0 radical (unpaired) electrons. The minimum Gasteiger partial charge on any atom is -1.00 e. The molecule has 1 aromatic heterocycles. The van der Waals surface area contributed by atoms with E-state index in [1.807, 2.05) is 44.4 Å². The Bertz CT molecular complexity index is 1320. The summed E-state index contributed by atoms with van der Waals surface area (Å²) in [6.45, 7) is 0.705. The van der Waals surface area contributed by atoms with Crippen molar-refractivity contribution < 1.29 is 17.0 Å². The SMILES string of the molecule is CN(C)c1ccc(/C=C2\c3ccccc3Cn3c2nc(=O)c2ccccc23)cc1.[Br-]. The van der Waals surface area contributed by atoms with Gasteiger partial charge in [-0.2, -0.15) is 4.98 Å². The van der Waals surface area contributed by atoms with Crippen LogP contribution in [0.15, 0.2) is 77.6 Å². The molecule has 1 aliphatic heterocycles. The van der Waals surface area contributed by atoms with E-state index in [0.29, 0.717) is 11.9 Å². The number of fused-ring (bicyclic) bond motifs is 4. The molecule has 5 rings (SSSR count). The maximum atomic E-state index is 12.7. The monoisotopic (exact) mass is 458 g/mol. The average Bonchev–Trinajstić information content (AvgIpc) is 2.75. The first-order valence-electron chi connectivity index (χ1n) is 9.69. The van der Waals surface area contributed by atoms with Crippen molar-refractivity contribution in [1.29, 1.82) is 0 Å². The molecule has 4 nitrogen and oxygen atoms in total. The molecule has 0 atom stereocenters. The van der Waals surface area contributed by atoms with Crippen LogP contribution < -0.4 is 27.4 Å². The molecular formula is C25H21BrN3O-. The lowest BCUT2D eigenvalue weighted by Crippen LogP contribution is -3.00. The Labute approximate surface area is 185 Å². The van der Waals surface area contributed by atoms with Gasteiger partial charge in [-0.1, -0.05) is 48.5 Å². The summed E-state index contributed by atoms with van der Waals surface area (Å²) >= 11 is 0. The Morgan fingerprint density at radius 1 is 0.933 bits per heavy atom. The molecule has 0 saturated carbocycles. The van der Waals surface area contributed by atoms with Crippen molar-refractivity contribution in [2.24, 2.45) is 0 Å². The molecule has 0 saturated heterocycles. The van der Waals surface area contributed by atoms with Crippen LogP contribution in [0.2, 0.25) is 0 Å². The van der Waals surface area contributed by atoms with Crippen LogP contribution in [0.4, 0.5) is 5.69 Å². The third kappa shape index (κ3) is 3.35. The van der Waals surface area contributed by atoms with Gasteiger partial charge < -0.3 is 26.4 Å². The molecule has 0 spiro atoms. The number of hydrogen-bond donors (Lipinski definition) is 0. The lowest BCUT2D eigenvalue weighted by atomic mass is 9.93. The second-order valence-electron chi connectivity index (χ2n) is 7.54. The van der Waals surface area contributed by atoms with Crippen LogP contribution >= 0.6 is 0 Å². The van der Waals surface area contributed by atoms with Gasteiger partial charge in [0.1, 0.15) is 5.82 Å². The van der Waals surface area contributed by atoms with Gasteiger partial charge in [-0.05, 0) is 47.0 Å². The van der Waals surface area contributed by atoms with Crippen LogP contribution in [-0.4, -0.2) is 23.6 Å². The van der Waals surface area contributed by atoms with E-state index in [9.17, 15) is 4.79 Å². The molecule has 5 heteroatoms. The fourth-order valence-electron chi connectivity index (χ4n) is 3.98. The van der Waals surface area contributed by atoms with Crippen LogP contribution in [0, 0.1) is 0 Å². The third-order valence-corrected chi connectivity index (χ3v) is 5.49. The van der Waals surface area contributed by atoms with E-state index in [-0.39, 0.29) is 22.5 Å². The molecule has 1 aliphatic rings. The van der Waals surface area contributed by atoms with Gasteiger partial charge >= 0.3 is 0 Å². The van der Waals surface area contributed by atoms with E-state index in [4.69, 9.17) is 0 Å². The zero-order chi connectivity index (χ0) is 20.0. The predicted octanol–water partition coefficient (Wildman–Crippen LogP) is 1.42. The van der Waals surface area contributed by atoms with E-state index >= 15 is 0 Å². The van der Waals surface area contributed by atoms with Crippen molar-refractivity contribution in [2.75, 3.05) is 19.0 Å². The van der Waals surface area contributed by atoms with Crippen LogP contribution in [0.25, 0.3) is 22.6 Å². The first kappa shape index (κ1) is 20.1. The molecule has 4 aromatic rings.